The molecular weight excluding hydrogens is 260 g/mol. The normalized spacial score (nSPS) is 17.4. The van der Waals surface area contributed by atoms with Gasteiger partial charge in [-0.2, -0.15) is 0 Å². The summed E-state index contributed by atoms with van der Waals surface area (Å²) in [7, 11) is 0. The van der Waals surface area contributed by atoms with E-state index in [1.54, 1.807) is 11.0 Å². The predicted molar refractivity (Wildman–Crippen MR) is 75.6 cm³/mol. The van der Waals surface area contributed by atoms with Gasteiger partial charge in [-0.15, -0.1) is 0 Å². The monoisotopic (exact) mass is 284 g/mol. The maximum absolute atomic E-state index is 11.9. The maximum atomic E-state index is 11.9. The molecule has 1 amide bonds. The first-order valence-corrected chi connectivity index (χ1v) is 6.89. The van der Waals surface area contributed by atoms with E-state index in [9.17, 15) is 9.59 Å². The van der Waals surface area contributed by atoms with Crippen LogP contribution in [0.2, 0.25) is 0 Å². The number of ether oxygens (including phenoxy) is 1. The van der Waals surface area contributed by atoms with E-state index in [-0.39, 0.29) is 6.09 Å². The Morgan fingerprint density at radius 1 is 1.35 bits per heavy atom. The summed E-state index contributed by atoms with van der Waals surface area (Å²) in [4.78, 5) is 23.9. The Balaban J connectivity index is 2.26. The summed E-state index contributed by atoms with van der Waals surface area (Å²) in [6.45, 7) is 7.42. The SMILES string of the molecule is CC(C)(C)OC(=O)N1CCC(NC/C=C/C(=O)O)CC1. The molecule has 0 aromatic rings. The summed E-state index contributed by atoms with van der Waals surface area (Å²) in [5.41, 5.74) is -0.464. The van der Waals surface area contributed by atoms with Crippen molar-refractivity contribution in [2.24, 2.45) is 0 Å². The van der Waals surface area contributed by atoms with E-state index in [2.05, 4.69) is 5.32 Å². The Morgan fingerprint density at radius 2 is 1.95 bits per heavy atom. The highest BCUT2D eigenvalue weighted by Crippen LogP contribution is 2.15. The lowest BCUT2D eigenvalue weighted by Crippen LogP contribution is -2.46. The van der Waals surface area contributed by atoms with Gasteiger partial charge in [0.2, 0.25) is 0 Å². The van der Waals surface area contributed by atoms with Crippen LogP contribution in [-0.4, -0.2) is 53.3 Å². The number of nitrogens with one attached hydrogen (secondary N) is 1. The Hall–Kier alpha value is -1.56. The van der Waals surface area contributed by atoms with Crippen LogP contribution in [0.3, 0.4) is 0 Å². The van der Waals surface area contributed by atoms with E-state index in [1.807, 2.05) is 20.8 Å². The van der Waals surface area contributed by atoms with Crippen LogP contribution in [0.4, 0.5) is 4.79 Å². The Morgan fingerprint density at radius 3 is 2.45 bits per heavy atom. The van der Waals surface area contributed by atoms with Gasteiger partial charge < -0.3 is 20.1 Å². The molecule has 0 atom stereocenters. The molecule has 0 aromatic carbocycles. The molecule has 1 aliphatic heterocycles. The average Bonchev–Trinajstić information content (AvgIpc) is 2.33. The molecule has 1 rings (SSSR count). The minimum atomic E-state index is -0.938. The second-order valence-corrected chi connectivity index (χ2v) is 5.89. The van der Waals surface area contributed by atoms with Crippen molar-refractivity contribution in [2.45, 2.75) is 45.3 Å². The van der Waals surface area contributed by atoms with Gasteiger partial charge in [0.05, 0.1) is 0 Å². The van der Waals surface area contributed by atoms with Crippen LogP contribution in [0.15, 0.2) is 12.2 Å². The first-order valence-electron chi connectivity index (χ1n) is 6.89. The Kier molecular flexibility index (Phi) is 6.01. The molecular formula is C14H24N2O4. The molecule has 2 N–H and O–H groups in total. The molecule has 6 nitrogen and oxygen atoms in total. The van der Waals surface area contributed by atoms with Crippen LogP contribution >= 0.6 is 0 Å². The lowest BCUT2D eigenvalue weighted by molar-refractivity contribution is -0.131. The fourth-order valence-electron chi connectivity index (χ4n) is 1.99. The quantitative estimate of drug-likeness (QED) is 0.767. The van der Waals surface area contributed by atoms with Crippen LogP contribution in [0.5, 0.6) is 0 Å². The molecule has 1 fully saturated rings. The first-order chi connectivity index (χ1) is 9.28. The van der Waals surface area contributed by atoms with Crippen LogP contribution < -0.4 is 5.32 Å². The minimum absolute atomic E-state index is 0.262. The zero-order chi connectivity index (χ0) is 15.2. The number of carbonyl (C=O) groups is 2. The van der Waals surface area contributed by atoms with E-state index in [0.29, 0.717) is 25.7 Å². The van der Waals surface area contributed by atoms with E-state index < -0.39 is 11.6 Å². The predicted octanol–water partition coefficient (Wildman–Crippen LogP) is 1.62. The lowest BCUT2D eigenvalue weighted by Gasteiger charge is -2.33. The molecule has 114 valence electrons. The third-order valence-corrected chi connectivity index (χ3v) is 2.93. The number of hydrogen-bond donors (Lipinski definition) is 2. The van der Waals surface area contributed by atoms with Gasteiger partial charge in [-0.25, -0.2) is 9.59 Å². The molecule has 20 heavy (non-hydrogen) atoms. The summed E-state index contributed by atoms with van der Waals surface area (Å²) in [5, 5.41) is 11.7. The zero-order valence-corrected chi connectivity index (χ0v) is 12.4. The van der Waals surface area contributed by atoms with Crippen LogP contribution in [0.1, 0.15) is 33.6 Å². The number of carboxylic acid groups (broad SMARTS) is 1. The Labute approximate surface area is 119 Å². The van der Waals surface area contributed by atoms with Crippen molar-refractivity contribution in [3.63, 3.8) is 0 Å². The summed E-state index contributed by atoms with van der Waals surface area (Å²) in [6, 6.07) is 0.312. The molecule has 0 aromatic heterocycles. The summed E-state index contributed by atoms with van der Waals surface area (Å²) >= 11 is 0. The van der Waals surface area contributed by atoms with Gasteiger partial charge in [0.25, 0.3) is 0 Å². The molecule has 0 saturated carbocycles. The molecule has 0 spiro atoms. The summed E-state index contributed by atoms with van der Waals surface area (Å²) in [5.74, 6) is -0.938. The number of carbonyl (C=O) groups excluding carboxylic acids is 1. The highest BCUT2D eigenvalue weighted by Gasteiger charge is 2.26. The smallest absolute Gasteiger partial charge is 0.410 e. The topological polar surface area (TPSA) is 78.9 Å². The van der Waals surface area contributed by atoms with Gasteiger partial charge in [0, 0.05) is 31.8 Å². The molecule has 0 bridgehead atoms. The number of hydrogen-bond acceptors (Lipinski definition) is 4. The fraction of sp³-hybridized carbons (Fsp3) is 0.714. The van der Waals surface area contributed by atoms with Crippen LogP contribution in [-0.2, 0) is 9.53 Å². The van der Waals surface area contributed by atoms with Crippen molar-refractivity contribution < 1.29 is 19.4 Å². The van der Waals surface area contributed by atoms with Crippen molar-refractivity contribution >= 4 is 12.1 Å². The van der Waals surface area contributed by atoms with Crippen molar-refractivity contribution in [1.82, 2.24) is 10.2 Å². The molecule has 0 radical (unpaired) electrons. The summed E-state index contributed by atoms with van der Waals surface area (Å²) < 4.78 is 5.33. The van der Waals surface area contributed by atoms with E-state index in [1.165, 1.54) is 0 Å². The van der Waals surface area contributed by atoms with Crippen molar-refractivity contribution in [2.75, 3.05) is 19.6 Å². The van der Waals surface area contributed by atoms with Crippen LogP contribution in [0.25, 0.3) is 0 Å². The maximum Gasteiger partial charge on any atom is 0.410 e. The highest BCUT2D eigenvalue weighted by atomic mass is 16.6. The number of carboxylic acids is 1. The average molecular weight is 284 g/mol. The van der Waals surface area contributed by atoms with Gasteiger partial charge >= 0.3 is 12.1 Å². The van der Waals surface area contributed by atoms with Gasteiger partial charge in [0.15, 0.2) is 0 Å². The third kappa shape index (κ3) is 6.56. The molecule has 1 heterocycles. The van der Waals surface area contributed by atoms with Crippen molar-refractivity contribution in [3.05, 3.63) is 12.2 Å². The molecule has 0 unspecified atom stereocenters. The minimum Gasteiger partial charge on any atom is -0.478 e. The van der Waals surface area contributed by atoms with E-state index >= 15 is 0 Å². The van der Waals surface area contributed by atoms with Crippen molar-refractivity contribution in [1.29, 1.82) is 0 Å². The number of nitrogens with zero attached hydrogens (tertiary/aromatic N) is 1. The van der Waals surface area contributed by atoms with E-state index in [0.717, 1.165) is 18.9 Å². The van der Waals surface area contributed by atoms with Gasteiger partial charge in [0.1, 0.15) is 5.60 Å². The molecule has 0 aliphatic carbocycles. The Bertz CT molecular complexity index is 366. The van der Waals surface area contributed by atoms with Crippen molar-refractivity contribution in [3.8, 4) is 0 Å². The lowest BCUT2D eigenvalue weighted by atomic mass is 10.1. The number of aliphatic carboxylic acids is 1. The fourth-order valence-corrected chi connectivity index (χ4v) is 1.99. The number of piperidine rings is 1. The highest BCUT2D eigenvalue weighted by molar-refractivity contribution is 5.79. The first kappa shape index (κ1) is 16.5. The van der Waals surface area contributed by atoms with E-state index in [4.69, 9.17) is 9.84 Å². The second-order valence-electron chi connectivity index (χ2n) is 5.89. The standard InChI is InChI=1S/C14H24N2O4/c1-14(2,3)20-13(19)16-9-6-11(7-10-16)15-8-4-5-12(17)18/h4-5,11,15H,6-10H2,1-3H3,(H,17,18)/b5-4+. The number of rotatable bonds is 4. The zero-order valence-electron chi connectivity index (χ0n) is 12.4. The second kappa shape index (κ2) is 7.28. The summed E-state index contributed by atoms with van der Waals surface area (Å²) in [6.07, 6.45) is 4.15. The number of amides is 1. The van der Waals surface area contributed by atoms with Gasteiger partial charge in [-0.05, 0) is 33.6 Å². The van der Waals surface area contributed by atoms with Crippen LogP contribution in [0, 0.1) is 0 Å². The molecule has 1 aliphatic rings. The largest absolute Gasteiger partial charge is 0.478 e. The third-order valence-electron chi connectivity index (χ3n) is 2.93. The molecule has 6 heteroatoms. The van der Waals surface area contributed by atoms with Gasteiger partial charge in [-0.3, -0.25) is 0 Å². The van der Waals surface area contributed by atoms with Gasteiger partial charge in [-0.1, -0.05) is 6.08 Å². The molecule has 1 saturated heterocycles. The number of likely N-dealkylation sites (tertiary alicyclic amines) is 1.